The van der Waals surface area contributed by atoms with E-state index in [1.807, 2.05) is 31.3 Å². The number of nitrogens with zero attached hydrogens (tertiary/aromatic N) is 2. The first kappa shape index (κ1) is 21.1. The molecule has 1 aromatic heterocycles. The molecule has 30 heavy (non-hydrogen) atoms. The van der Waals surface area contributed by atoms with Crippen molar-refractivity contribution in [2.45, 2.75) is 33.4 Å². The molecule has 1 heterocycles. The maximum atomic E-state index is 12.1. The number of imidazole rings is 1. The lowest BCUT2D eigenvalue weighted by atomic mass is 10.0. The second-order valence-electron chi connectivity index (χ2n) is 7.07. The fourth-order valence-corrected chi connectivity index (χ4v) is 2.97. The van der Waals surface area contributed by atoms with Gasteiger partial charge in [0.2, 0.25) is 0 Å². The molecule has 0 saturated heterocycles. The first-order chi connectivity index (χ1) is 14.4. The van der Waals surface area contributed by atoms with Crippen LogP contribution in [0.15, 0.2) is 48.9 Å². The molecule has 3 rings (SSSR count). The minimum absolute atomic E-state index is 0.0293. The van der Waals surface area contributed by atoms with Crippen LogP contribution in [-0.4, -0.2) is 26.3 Å². The van der Waals surface area contributed by atoms with E-state index in [1.165, 1.54) is 0 Å². The molecule has 0 aliphatic carbocycles. The zero-order valence-corrected chi connectivity index (χ0v) is 17.3. The van der Waals surface area contributed by atoms with E-state index in [1.54, 1.807) is 43.1 Å². The molecule has 0 bridgehead atoms. The Balaban J connectivity index is 1.56. The Bertz CT molecular complexity index is 1050. The van der Waals surface area contributed by atoms with Crippen LogP contribution in [0.4, 0.5) is 0 Å². The molecule has 7 heteroatoms. The monoisotopic (exact) mass is 407 g/mol. The molecule has 1 amide bonds. The van der Waals surface area contributed by atoms with Crippen molar-refractivity contribution < 1.29 is 19.4 Å². The van der Waals surface area contributed by atoms with E-state index in [9.17, 15) is 14.7 Å². The fraction of sp³-hybridized carbons (Fsp3) is 0.261. The number of rotatable bonds is 8. The SMILES string of the molecule is CCC(=O)c1ccc(OCc2ccc(CNC(=O)c3cn(C)cn3)cc2)c(C)c1O. The molecule has 156 valence electrons. The van der Waals surface area contributed by atoms with Gasteiger partial charge in [-0.2, -0.15) is 0 Å². The van der Waals surface area contributed by atoms with Gasteiger partial charge in [0.15, 0.2) is 5.78 Å². The van der Waals surface area contributed by atoms with E-state index in [0.717, 1.165) is 11.1 Å². The number of benzene rings is 2. The molecule has 0 aliphatic heterocycles. The van der Waals surface area contributed by atoms with Gasteiger partial charge in [0.1, 0.15) is 23.8 Å². The molecular formula is C23H25N3O4. The second-order valence-corrected chi connectivity index (χ2v) is 7.07. The summed E-state index contributed by atoms with van der Waals surface area (Å²) in [6, 6.07) is 11.0. The zero-order chi connectivity index (χ0) is 21.7. The number of aryl methyl sites for hydroxylation is 1. The van der Waals surface area contributed by atoms with Crippen LogP contribution in [0.25, 0.3) is 0 Å². The first-order valence-corrected chi connectivity index (χ1v) is 9.71. The van der Waals surface area contributed by atoms with Crippen LogP contribution in [0.3, 0.4) is 0 Å². The average molecular weight is 407 g/mol. The number of Topliss-reactive ketones (excluding diaryl/α,β-unsaturated/α-hetero) is 1. The molecule has 0 radical (unpaired) electrons. The number of hydrogen-bond donors (Lipinski definition) is 2. The van der Waals surface area contributed by atoms with Crippen LogP contribution in [0.5, 0.6) is 11.5 Å². The lowest BCUT2D eigenvalue weighted by Crippen LogP contribution is -2.23. The van der Waals surface area contributed by atoms with Gasteiger partial charge in [0, 0.05) is 31.8 Å². The number of phenols is 1. The van der Waals surface area contributed by atoms with Gasteiger partial charge in [-0.1, -0.05) is 31.2 Å². The predicted molar refractivity (Wildman–Crippen MR) is 113 cm³/mol. The summed E-state index contributed by atoms with van der Waals surface area (Å²) in [5, 5.41) is 13.1. The highest BCUT2D eigenvalue weighted by Gasteiger charge is 2.15. The van der Waals surface area contributed by atoms with Crippen molar-refractivity contribution in [1.29, 1.82) is 0 Å². The molecule has 2 N–H and O–H groups in total. The molecule has 0 atom stereocenters. The summed E-state index contributed by atoms with van der Waals surface area (Å²) in [5.74, 6) is 0.182. The number of nitrogens with one attached hydrogen (secondary N) is 1. The number of ether oxygens (including phenoxy) is 1. The van der Waals surface area contributed by atoms with Crippen molar-refractivity contribution in [3.63, 3.8) is 0 Å². The number of ketones is 1. The Morgan fingerprint density at radius 3 is 2.47 bits per heavy atom. The smallest absolute Gasteiger partial charge is 0.271 e. The van der Waals surface area contributed by atoms with Crippen LogP contribution in [-0.2, 0) is 20.2 Å². The average Bonchev–Trinajstić information content (AvgIpc) is 3.19. The van der Waals surface area contributed by atoms with Gasteiger partial charge in [-0.05, 0) is 30.2 Å². The van der Waals surface area contributed by atoms with Gasteiger partial charge in [-0.3, -0.25) is 9.59 Å². The van der Waals surface area contributed by atoms with Gasteiger partial charge < -0.3 is 19.7 Å². The highest BCUT2D eigenvalue weighted by atomic mass is 16.5. The summed E-state index contributed by atoms with van der Waals surface area (Å²) in [4.78, 5) is 27.9. The van der Waals surface area contributed by atoms with Crippen LogP contribution in [0.2, 0.25) is 0 Å². The Morgan fingerprint density at radius 1 is 1.13 bits per heavy atom. The van der Waals surface area contributed by atoms with Crippen LogP contribution in [0, 0.1) is 6.92 Å². The van der Waals surface area contributed by atoms with Crippen LogP contribution in [0.1, 0.15) is 50.9 Å². The number of phenolic OH excluding ortho intramolecular Hbond substituents is 1. The number of carbonyl (C=O) groups is 2. The Kier molecular flexibility index (Phi) is 6.51. The largest absolute Gasteiger partial charge is 0.507 e. The second kappa shape index (κ2) is 9.26. The molecule has 0 saturated carbocycles. The van der Waals surface area contributed by atoms with Crippen molar-refractivity contribution in [1.82, 2.24) is 14.9 Å². The molecule has 0 fully saturated rings. The van der Waals surface area contributed by atoms with Gasteiger partial charge in [0.05, 0.1) is 11.9 Å². The van der Waals surface area contributed by atoms with Crippen molar-refractivity contribution in [3.05, 3.63) is 76.9 Å². The lowest BCUT2D eigenvalue weighted by molar-refractivity contribution is 0.0944. The highest BCUT2D eigenvalue weighted by molar-refractivity contribution is 5.99. The van der Waals surface area contributed by atoms with Crippen LogP contribution >= 0.6 is 0 Å². The lowest BCUT2D eigenvalue weighted by Gasteiger charge is -2.13. The van der Waals surface area contributed by atoms with Crippen molar-refractivity contribution in [2.75, 3.05) is 0 Å². The van der Waals surface area contributed by atoms with Crippen molar-refractivity contribution in [2.24, 2.45) is 7.05 Å². The maximum absolute atomic E-state index is 12.1. The number of aromatic nitrogens is 2. The maximum Gasteiger partial charge on any atom is 0.271 e. The molecule has 0 unspecified atom stereocenters. The number of hydrogen-bond acceptors (Lipinski definition) is 5. The molecule has 2 aromatic carbocycles. The third-order valence-corrected chi connectivity index (χ3v) is 4.81. The number of amides is 1. The molecule has 7 nitrogen and oxygen atoms in total. The summed E-state index contributed by atoms with van der Waals surface area (Å²) < 4.78 is 7.54. The topological polar surface area (TPSA) is 93.5 Å². The molecule has 3 aromatic rings. The zero-order valence-electron chi connectivity index (χ0n) is 17.3. The Labute approximate surface area is 175 Å². The quantitative estimate of drug-likeness (QED) is 0.557. The van der Waals surface area contributed by atoms with Gasteiger partial charge in [-0.25, -0.2) is 4.98 Å². The minimum Gasteiger partial charge on any atom is -0.507 e. The van der Waals surface area contributed by atoms with Gasteiger partial charge in [0.25, 0.3) is 5.91 Å². The highest BCUT2D eigenvalue weighted by Crippen LogP contribution is 2.31. The Morgan fingerprint density at radius 2 is 1.83 bits per heavy atom. The van der Waals surface area contributed by atoms with E-state index in [2.05, 4.69) is 10.3 Å². The molecule has 0 spiro atoms. The number of aromatic hydroxyl groups is 1. The third kappa shape index (κ3) is 4.86. The van der Waals surface area contributed by atoms with E-state index in [4.69, 9.17) is 4.74 Å². The summed E-state index contributed by atoms with van der Waals surface area (Å²) in [5.41, 5.74) is 3.15. The van der Waals surface area contributed by atoms with E-state index in [0.29, 0.717) is 42.1 Å². The third-order valence-electron chi connectivity index (χ3n) is 4.81. The Hall–Kier alpha value is -3.61. The fourth-order valence-electron chi connectivity index (χ4n) is 2.97. The number of carbonyl (C=O) groups excluding carboxylic acids is 2. The molecular weight excluding hydrogens is 382 g/mol. The summed E-state index contributed by atoms with van der Waals surface area (Å²) >= 11 is 0. The van der Waals surface area contributed by atoms with Crippen molar-refractivity contribution in [3.8, 4) is 11.5 Å². The summed E-state index contributed by atoms with van der Waals surface area (Å²) in [7, 11) is 1.81. The first-order valence-electron chi connectivity index (χ1n) is 9.71. The van der Waals surface area contributed by atoms with Crippen LogP contribution < -0.4 is 10.1 Å². The van der Waals surface area contributed by atoms with E-state index < -0.39 is 0 Å². The van der Waals surface area contributed by atoms with Gasteiger partial charge in [-0.15, -0.1) is 0 Å². The van der Waals surface area contributed by atoms with E-state index >= 15 is 0 Å². The standard InChI is InChI=1S/C23H25N3O4/c1-4-20(27)18-9-10-21(15(2)22(18)28)30-13-17-7-5-16(6-8-17)11-24-23(29)19-12-26(3)14-25-19/h5-10,12,14,28H,4,11,13H2,1-3H3,(H,24,29). The van der Waals surface area contributed by atoms with Gasteiger partial charge >= 0.3 is 0 Å². The minimum atomic E-state index is -0.219. The normalized spacial score (nSPS) is 10.6. The van der Waals surface area contributed by atoms with E-state index in [-0.39, 0.29) is 17.4 Å². The summed E-state index contributed by atoms with van der Waals surface area (Å²) in [6.07, 6.45) is 3.59. The van der Waals surface area contributed by atoms with Crippen molar-refractivity contribution >= 4 is 11.7 Å². The molecule has 0 aliphatic rings. The summed E-state index contributed by atoms with van der Waals surface area (Å²) in [6.45, 7) is 4.21. The predicted octanol–water partition coefficient (Wildman–Crippen LogP) is 3.54.